The van der Waals surface area contributed by atoms with Crippen LogP contribution in [0.2, 0.25) is 0 Å². The van der Waals surface area contributed by atoms with Crippen LogP contribution in [0.1, 0.15) is 0 Å². The van der Waals surface area contributed by atoms with Gasteiger partial charge in [0.05, 0.1) is 12.8 Å². The third-order valence-corrected chi connectivity index (χ3v) is 5.24. The lowest BCUT2D eigenvalue weighted by Crippen LogP contribution is -2.25. The number of methoxy groups -OCH3 is 2. The van der Waals surface area contributed by atoms with Crippen LogP contribution in [0.3, 0.4) is 0 Å². The molecule has 0 fully saturated rings. The van der Waals surface area contributed by atoms with E-state index >= 15 is 0 Å². The summed E-state index contributed by atoms with van der Waals surface area (Å²) in [6.07, 6.45) is -0.945. The van der Waals surface area contributed by atoms with Crippen molar-refractivity contribution in [3.8, 4) is 5.75 Å². The molecule has 2 amide bonds. The minimum Gasteiger partial charge on any atom is -0.451 e. The number of nitrogens with one attached hydrogen (secondary N) is 2. The predicted octanol–water partition coefficient (Wildman–Crippen LogP) is 2.29. The van der Waals surface area contributed by atoms with Crippen molar-refractivity contribution in [1.82, 2.24) is 0 Å². The highest BCUT2D eigenvalue weighted by molar-refractivity contribution is 9.10. The van der Waals surface area contributed by atoms with Gasteiger partial charge >= 0.3 is 16.2 Å². The van der Waals surface area contributed by atoms with E-state index in [1.165, 1.54) is 31.4 Å². The first-order valence-corrected chi connectivity index (χ1v) is 10.7. The summed E-state index contributed by atoms with van der Waals surface area (Å²) in [5.41, 5.74) is 5.71. The number of rotatable bonds is 7. The molecule has 13 heteroatoms. The molecule has 0 radical (unpaired) electrons. The van der Waals surface area contributed by atoms with Gasteiger partial charge in [-0.05, 0) is 36.4 Å². The molecule has 4 N–H and O–H groups in total. The van der Waals surface area contributed by atoms with Gasteiger partial charge in [0.25, 0.3) is 0 Å². The fraction of sp³-hybridized carbons (Fsp3) is 0.167. The van der Waals surface area contributed by atoms with Crippen LogP contribution in [0.15, 0.2) is 56.8 Å². The standard InChI is InChI=1S/C18H19BrN4O7S/c1-28-10-16(24)22-14-7-6-12(21-17(20)23-18(25)29-2)9-15(14)31(26,27)30-13-5-3-4-11(19)8-13/h3-9H,10H2,1-2H3,(H,22,24)(H3,20,21,23,25). The lowest BCUT2D eigenvalue weighted by atomic mass is 10.2. The number of ether oxygens (including phenoxy) is 2. The Morgan fingerprint density at radius 3 is 2.52 bits per heavy atom. The molecule has 166 valence electrons. The number of amides is 2. The Labute approximate surface area is 186 Å². The number of carbonyl (C=O) groups is 2. The topological polar surface area (TPSA) is 158 Å². The maximum absolute atomic E-state index is 13.0. The molecule has 31 heavy (non-hydrogen) atoms. The molecule has 0 aliphatic rings. The SMILES string of the molecule is COCC(=O)Nc1ccc(NC(N)=NC(=O)OC)cc1S(=O)(=O)Oc1cccc(Br)c1. The van der Waals surface area contributed by atoms with Crippen LogP contribution in [-0.4, -0.2) is 47.2 Å². The van der Waals surface area contributed by atoms with Gasteiger partial charge in [0.1, 0.15) is 17.3 Å². The summed E-state index contributed by atoms with van der Waals surface area (Å²) in [4.78, 5) is 26.2. The molecule has 11 nitrogen and oxygen atoms in total. The third kappa shape index (κ3) is 7.24. The van der Waals surface area contributed by atoms with Crippen LogP contribution in [0.25, 0.3) is 0 Å². The Morgan fingerprint density at radius 2 is 1.87 bits per heavy atom. The third-order valence-electron chi connectivity index (χ3n) is 3.46. The lowest BCUT2D eigenvalue weighted by Gasteiger charge is -2.15. The Morgan fingerprint density at radius 1 is 1.13 bits per heavy atom. The minimum atomic E-state index is -4.40. The van der Waals surface area contributed by atoms with Crippen LogP contribution in [0, 0.1) is 0 Å². The van der Waals surface area contributed by atoms with E-state index in [1.807, 2.05) is 0 Å². The average Bonchev–Trinajstić information content (AvgIpc) is 2.68. The minimum absolute atomic E-state index is 0.0497. The number of nitrogens with two attached hydrogens (primary N) is 1. The van der Waals surface area contributed by atoms with E-state index in [9.17, 15) is 18.0 Å². The normalized spacial score (nSPS) is 11.5. The molecule has 0 atom stereocenters. The highest BCUT2D eigenvalue weighted by Crippen LogP contribution is 2.29. The quantitative estimate of drug-likeness (QED) is 0.286. The van der Waals surface area contributed by atoms with Gasteiger partial charge in [0, 0.05) is 17.3 Å². The van der Waals surface area contributed by atoms with E-state index in [4.69, 9.17) is 14.7 Å². The van der Waals surface area contributed by atoms with Gasteiger partial charge in [0.15, 0.2) is 0 Å². The number of nitrogens with zero attached hydrogens (tertiary/aromatic N) is 1. The predicted molar refractivity (Wildman–Crippen MR) is 117 cm³/mol. The number of aliphatic imine (C=N–C) groups is 1. The molecule has 2 rings (SSSR count). The molecule has 0 spiro atoms. The van der Waals surface area contributed by atoms with Gasteiger partial charge in [0.2, 0.25) is 11.9 Å². The molecule has 0 saturated carbocycles. The zero-order chi connectivity index (χ0) is 23.0. The number of halogens is 1. The van der Waals surface area contributed by atoms with Gasteiger partial charge < -0.3 is 30.0 Å². The molecule has 0 aromatic heterocycles. The summed E-state index contributed by atoms with van der Waals surface area (Å²) in [5.74, 6) is -0.859. The van der Waals surface area contributed by atoms with E-state index in [1.54, 1.807) is 12.1 Å². The van der Waals surface area contributed by atoms with Crippen LogP contribution in [0.5, 0.6) is 5.75 Å². The molecule has 0 heterocycles. The van der Waals surface area contributed by atoms with Crippen molar-refractivity contribution in [3.63, 3.8) is 0 Å². The van der Waals surface area contributed by atoms with Crippen LogP contribution in [-0.2, 0) is 24.4 Å². The summed E-state index contributed by atoms with van der Waals surface area (Å²) < 4.78 is 40.8. The molecule has 2 aromatic rings. The molecule has 2 aromatic carbocycles. The molecule has 0 aliphatic heterocycles. The molecule has 0 aliphatic carbocycles. The van der Waals surface area contributed by atoms with Crippen molar-refractivity contribution in [2.24, 2.45) is 10.7 Å². The van der Waals surface area contributed by atoms with E-state index in [0.717, 1.165) is 13.2 Å². The first kappa shape index (κ1) is 24.1. The fourth-order valence-electron chi connectivity index (χ4n) is 2.24. The van der Waals surface area contributed by atoms with Crippen molar-refractivity contribution in [2.75, 3.05) is 31.5 Å². The second-order valence-electron chi connectivity index (χ2n) is 5.78. The summed E-state index contributed by atoms with van der Waals surface area (Å²) in [5, 5.41) is 5.00. The number of anilines is 2. The highest BCUT2D eigenvalue weighted by atomic mass is 79.9. The number of carbonyl (C=O) groups excluding carboxylic acids is 2. The smallest absolute Gasteiger partial charge is 0.436 e. The molecule has 0 unspecified atom stereocenters. The Kier molecular flexibility index (Phi) is 8.36. The summed E-state index contributed by atoms with van der Waals surface area (Å²) in [6.45, 7) is -0.287. The van der Waals surface area contributed by atoms with E-state index < -0.39 is 22.1 Å². The largest absolute Gasteiger partial charge is 0.451 e. The average molecular weight is 515 g/mol. The summed E-state index contributed by atoms with van der Waals surface area (Å²) in [7, 11) is -1.95. The van der Waals surface area contributed by atoms with Crippen molar-refractivity contribution in [1.29, 1.82) is 0 Å². The van der Waals surface area contributed by atoms with E-state index in [-0.39, 0.29) is 34.6 Å². The Balaban J connectivity index is 2.44. The highest BCUT2D eigenvalue weighted by Gasteiger charge is 2.23. The molecular formula is C18H19BrN4O7S. The zero-order valence-electron chi connectivity index (χ0n) is 16.4. The lowest BCUT2D eigenvalue weighted by molar-refractivity contribution is -0.119. The zero-order valence-corrected chi connectivity index (χ0v) is 18.8. The molecular weight excluding hydrogens is 496 g/mol. The van der Waals surface area contributed by atoms with Gasteiger partial charge in [-0.15, -0.1) is 4.99 Å². The van der Waals surface area contributed by atoms with E-state index in [2.05, 4.69) is 36.3 Å². The number of hydrogen-bond donors (Lipinski definition) is 3. The monoisotopic (exact) mass is 514 g/mol. The number of hydrogen-bond acceptors (Lipinski definition) is 7. The maximum Gasteiger partial charge on any atom is 0.436 e. The van der Waals surface area contributed by atoms with Crippen molar-refractivity contribution < 1.29 is 31.7 Å². The van der Waals surface area contributed by atoms with Gasteiger partial charge in [-0.1, -0.05) is 22.0 Å². The van der Waals surface area contributed by atoms with Crippen molar-refractivity contribution in [2.45, 2.75) is 4.90 Å². The fourth-order valence-corrected chi connectivity index (χ4v) is 3.72. The number of benzene rings is 2. The van der Waals surface area contributed by atoms with Gasteiger partial charge in [-0.25, -0.2) is 4.79 Å². The first-order valence-electron chi connectivity index (χ1n) is 8.46. The van der Waals surface area contributed by atoms with E-state index in [0.29, 0.717) is 4.47 Å². The van der Waals surface area contributed by atoms with Gasteiger partial charge in [-0.2, -0.15) is 8.42 Å². The number of guanidine groups is 1. The van der Waals surface area contributed by atoms with Crippen LogP contribution in [0.4, 0.5) is 16.2 Å². The summed E-state index contributed by atoms with van der Waals surface area (Å²) >= 11 is 3.23. The molecule has 0 bridgehead atoms. The second-order valence-corrected chi connectivity index (χ2v) is 8.21. The van der Waals surface area contributed by atoms with Crippen molar-refractivity contribution in [3.05, 3.63) is 46.9 Å². The van der Waals surface area contributed by atoms with Crippen LogP contribution >= 0.6 is 15.9 Å². The second kappa shape index (κ2) is 10.7. The Hall–Kier alpha value is -3.16. The molecule has 0 saturated heterocycles. The first-order chi connectivity index (χ1) is 14.6. The summed E-state index contributed by atoms with van der Waals surface area (Å²) in [6, 6.07) is 10.1. The van der Waals surface area contributed by atoms with Gasteiger partial charge in [-0.3, -0.25) is 4.79 Å². The van der Waals surface area contributed by atoms with Crippen molar-refractivity contribution >= 4 is 55.4 Å². The maximum atomic E-state index is 13.0. The van der Waals surface area contributed by atoms with Crippen LogP contribution < -0.4 is 20.6 Å². The Bertz CT molecular complexity index is 1110.